The van der Waals surface area contributed by atoms with E-state index in [9.17, 15) is 4.79 Å². The average molecular weight is 208 g/mol. The molecule has 4 heteroatoms. The highest BCUT2D eigenvalue weighted by atomic mass is 16.6. The molecule has 0 saturated carbocycles. The SMILES string of the molecule is NOCC(=O)NCCCc1ccccc1. The lowest BCUT2D eigenvalue weighted by Crippen LogP contribution is -2.29. The van der Waals surface area contributed by atoms with E-state index in [0.29, 0.717) is 6.54 Å². The smallest absolute Gasteiger partial charge is 0.248 e. The van der Waals surface area contributed by atoms with Crippen LogP contribution < -0.4 is 11.2 Å². The van der Waals surface area contributed by atoms with Crippen molar-refractivity contribution in [1.29, 1.82) is 0 Å². The van der Waals surface area contributed by atoms with Crippen LogP contribution in [0.1, 0.15) is 12.0 Å². The van der Waals surface area contributed by atoms with Gasteiger partial charge in [0, 0.05) is 6.54 Å². The second-order valence-corrected chi connectivity index (χ2v) is 3.25. The summed E-state index contributed by atoms with van der Waals surface area (Å²) in [6, 6.07) is 10.2. The molecule has 0 aromatic heterocycles. The molecule has 0 heterocycles. The lowest BCUT2D eigenvalue weighted by atomic mass is 10.1. The molecule has 0 saturated heterocycles. The fourth-order valence-corrected chi connectivity index (χ4v) is 1.29. The van der Waals surface area contributed by atoms with Crippen LogP contribution in [0.4, 0.5) is 0 Å². The van der Waals surface area contributed by atoms with Crippen LogP contribution in [0.2, 0.25) is 0 Å². The normalized spacial score (nSPS) is 9.93. The summed E-state index contributed by atoms with van der Waals surface area (Å²) in [6.07, 6.45) is 1.88. The van der Waals surface area contributed by atoms with Gasteiger partial charge in [-0.15, -0.1) is 0 Å². The third kappa shape index (κ3) is 5.15. The summed E-state index contributed by atoms with van der Waals surface area (Å²) in [5.41, 5.74) is 1.28. The van der Waals surface area contributed by atoms with Crippen LogP contribution in [0.15, 0.2) is 30.3 Å². The summed E-state index contributed by atoms with van der Waals surface area (Å²) < 4.78 is 0. The lowest BCUT2D eigenvalue weighted by molar-refractivity contribution is -0.125. The summed E-state index contributed by atoms with van der Waals surface area (Å²) in [4.78, 5) is 15.1. The van der Waals surface area contributed by atoms with Crippen LogP contribution in [0, 0.1) is 0 Å². The highest BCUT2D eigenvalue weighted by molar-refractivity contribution is 5.77. The summed E-state index contributed by atoms with van der Waals surface area (Å²) in [6.45, 7) is 0.572. The van der Waals surface area contributed by atoms with Gasteiger partial charge in [0.1, 0.15) is 6.61 Å². The molecule has 0 spiro atoms. The van der Waals surface area contributed by atoms with Gasteiger partial charge in [-0.3, -0.25) is 9.63 Å². The van der Waals surface area contributed by atoms with Crippen LogP contribution in [-0.2, 0) is 16.1 Å². The van der Waals surface area contributed by atoms with Crippen molar-refractivity contribution in [3.05, 3.63) is 35.9 Å². The van der Waals surface area contributed by atoms with E-state index in [1.807, 2.05) is 18.2 Å². The Morgan fingerprint density at radius 2 is 2.07 bits per heavy atom. The Hall–Kier alpha value is -1.39. The Morgan fingerprint density at radius 3 is 2.73 bits per heavy atom. The molecule has 4 nitrogen and oxygen atoms in total. The van der Waals surface area contributed by atoms with Gasteiger partial charge in [-0.1, -0.05) is 30.3 Å². The van der Waals surface area contributed by atoms with E-state index >= 15 is 0 Å². The van der Waals surface area contributed by atoms with Gasteiger partial charge in [-0.25, -0.2) is 5.90 Å². The maximum atomic E-state index is 10.9. The monoisotopic (exact) mass is 208 g/mol. The molecule has 1 aromatic carbocycles. The zero-order valence-corrected chi connectivity index (χ0v) is 8.61. The molecule has 0 fully saturated rings. The predicted molar refractivity (Wildman–Crippen MR) is 57.9 cm³/mol. The standard InChI is InChI=1S/C11H16N2O2/c12-15-9-11(14)13-8-4-7-10-5-2-1-3-6-10/h1-3,5-6H,4,7-9,12H2,(H,13,14). The predicted octanol–water partition coefficient (Wildman–Crippen LogP) is 0.626. The quantitative estimate of drug-likeness (QED) is 0.532. The minimum atomic E-state index is -0.175. The van der Waals surface area contributed by atoms with Crippen molar-refractivity contribution in [3.63, 3.8) is 0 Å². The largest absolute Gasteiger partial charge is 0.354 e. The topological polar surface area (TPSA) is 64.3 Å². The highest BCUT2D eigenvalue weighted by Gasteiger charge is 1.98. The number of rotatable bonds is 6. The molecule has 0 aliphatic carbocycles. The molecule has 0 unspecified atom stereocenters. The Morgan fingerprint density at radius 1 is 1.33 bits per heavy atom. The van der Waals surface area contributed by atoms with Crippen molar-refractivity contribution in [2.45, 2.75) is 12.8 Å². The number of carbonyl (C=O) groups excluding carboxylic acids is 1. The van der Waals surface area contributed by atoms with Gasteiger partial charge in [0.15, 0.2) is 0 Å². The number of aryl methyl sites for hydroxylation is 1. The van der Waals surface area contributed by atoms with Gasteiger partial charge in [-0.05, 0) is 18.4 Å². The molecular formula is C11H16N2O2. The summed E-state index contributed by atoms with van der Waals surface area (Å²) in [5, 5.41) is 2.71. The molecule has 0 aliphatic rings. The van der Waals surface area contributed by atoms with Crippen molar-refractivity contribution in [3.8, 4) is 0 Å². The van der Waals surface area contributed by atoms with E-state index in [1.54, 1.807) is 0 Å². The molecular weight excluding hydrogens is 192 g/mol. The Kier molecular flexibility index (Phi) is 5.43. The van der Waals surface area contributed by atoms with Crippen LogP contribution in [0.25, 0.3) is 0 Å². The van der Waals surface area contributed by atoms with Crippen molar-refractivity contribution in [2.75, 3.05) is 13.2 Å². The van der Waals surface area contributed by atoms with E-state index < -0.39 is 0 Å². The number of amides is 1. The summed E-state index contributed by atoms with van der Waals surface area (Å²) in [5.74, 6) is 4.59. The number of nitrogens with one attached hydrogen (secondary N) is 1. The van der Waals surface area contributed by atoms with Gasteiger partial charge >= 0.3 is 0 Å². The minimum Gasteiger partial charge on any atom is -0.354 e. The number of nitrogens with two attached hydrogens (primary N) is 1. The van der Waals surface area contributed by atoms with Gasteiger partial charge in [0.25, 0.3) is 0 Å². The Balaban J connectivity index is 2.10. The van der Waals surface area contributed by atoms with E-state index in [0.717, 1.165) is 12.8 Å². The van der Waals surface area contributed by atoms with E-state index in [2.05, 4.69) is 22.3 Å². The van der Waals surface area contributed by atoms with Crippen LogP contribution in [-0.4, -0.2) is 19.1 Å². The number of benzene rings is 1. The molecule has 1 amide bonds. The molecule has 3 N–H and O–H groups in total. The van der Waals surface area contributed by atoms with Crippen molar-refractivity contribution in [2.24, 2.45) is 5.90 Å². The van der Waals surface area contributed by atoms with Gasteiger partial charge in [-0.2, -0.15) is 0 Å². The molecule has 0 aliphatic heterocycles. The zero-order valence-electron chi connectivity index (χ0n) is 8.61. The second-order valence-electron chi connectivity index (χ2n) is 3.25. The zero-order chi connectivity index (χ0) is 10.9. The first-order chi connectivity index (χ1) is 7.33. The first-order valence-corrected chi connectivity index (χ1v) is 4.95. The van der Waals surface area contributed by atoms with E-state index in [-0.39, 0.29) is 12.5 Å². The number of carbonyl (C=O) groups is 1. The molecule has 82 valence electrons. The second kappa shape index (κ2) is 6.98. The van der Waals surface area contributed by atoms with Crippen LogP contribution in [0.5, 0.6) is 0 Å². The fourth-order valence-electron chi connectivity index (χ4n) is 1.29. The molecule has 0 atom stereocenters. The third-order valence-electron chi connectivity index (χ3n) is 2.02. The summed E-state index contributed by atoms with van der Waals surface area (Å²) in [7, 11) is 0. The lowest BCUT2D eigenvalue weighted by Gasteiger charge is -2.04. The van der Waals surface area contributed by atoms with E-state index in [1.165, 1.54) is 5.56 Å². The van der Waals surface area contributed by atoms with Crippen molar-refractivity contribution in [1.82, 2.24) is 5.32 Å². The molecule has 0 bridgehead atoms. The molecule has 15 heavy (non-hydrogen) atoms. The highest BCUT2D eigenvalue weighted by Crippen LogP contribution is 2.01. The van der Waals surface area contributed by atoms with Crippen molar-refractivity contribution < 1.29 is 9.63 Å². The van der Waals surface area contributed by atoms with Gasteiger partial charge in [0.05, 0.1) is 0 Å². The Labute approximate surface area is 89.4 Å². The summed E-state index contributed by atoms with van der Waals surface area (Å²) >= 11 is 0. The maximum Gasteiger partial charge on any atom is 0.248 e. The van der Waals surface area contributed by atoms with Crippen LogP contribution in [0.3, 0.4) is 0 Å². The first-order valence-electron chi connectivity index (χ1n) is 4.95. The average Bonchev–Trinajstić information content (AvgIpc) is 2.26. The maximum absolute atomic E-state index is 10.9. The Bertz CT molecular complexity index is 288. The third-order valence-corrected chi connectivity index (χ3v) is 2.02. The van der Waals surface area contributed by atoms with Crippen molar-refractivity contribution >= 4 is 5.91 Å². The molecule has 1 rings (SSSR count). The van der Waals surface area contributed by atoms with Gasteiger partial charge in [0.2, 0.25) is 5.91 Å². The minimum absolute atomic E-state index is 0.0780. The molecule has 1 aromatic rings. The fraction of sp³-hybridized carbons (Fsp3) is 0.364. The first kappa shape index (κ1) is 11.7. The van der Waals surface area contributed by atoms with Gasteiger partial charge < -0.3 is 5.32 Å². The van der Waals surface area contributed by atoms with E-state index in [4.69, 9.17) is 5.90 Å². The number of hydrogen-bond donors (Lipinski definition) is 2. The number of hydrogen-bond acceptors (Lipinski definition) is 3. The van der Waals surface area contributed by atoms with Crippen LogP contribution >= 0.6 is 0 Å². The molecule has 0 radical (unpaired) electrons.